The smallest absolute Gasteiger partial charge is 0.293 e. The first kappa shape index (κ1) is 15.3. The highest BCUT2D eigenvalue weighted by molar-refractivity contribution is 8.18. The molecule has 1 saturated heterocycles. The van der Waals surface area contributed by atoms with Crippen molar-refractivity contribution in [3.05, 3.63) is 64.3 Å². The molecule has 1 fully saturated rings. The van der Waals surface area contributed by atoms with Crippen LogP contribution in [0.3, 0.4) is 0 Å². The number of Topliss-reactive ketones (excluding diaryl/α,β-unsaturated/α-hetero) is 1. The molecule has 0 unspecified atom stereocenters. The summed E-state index contributed by atoms with van der Waals surface area (Å²) in [5.74, 6) is -0.691. The number of thioether (sulfide) groups is 1. The average molecular weight is 326 g/mol. The fourth-order valence-corrected chi connectivity index (χ4v) is 3.02. The topological polar surface area (TPSA) is 70.2 Å². The largest absolute Gasteiger partial charge is 0.362 e. The molecule has 1 N–H and O–H groups in total. The van der Waals surface area contributed by atoms with Gasteiger partial charge in [0.25, 0.3) is 11.1 Å². The van der Waals surface area contributed by atoms with E-state index in [1.54, 1.807) is 36.5 Å². The fourth-order valence-electron chi connectivity index (χ4n) is 2.19. The molecule has 5 nitrogen and oxygen atoms in total. The molecule has 1 aliphatic heterocycles. The number of benzene rings is 1. The third-order valence-corrected chi connectivity index (χ3v) is 4.36. The van der Waals surface area contributed by atoms with Crippen molar-refractivity contribution in [2.45, 2.75) is 6.92 Å². The van der Waals surface area contributed by atoms with Gasteiger partial charge in [-0.05, 0) is 36.9 Å². The van der Waals surface area contributed by atoms with Crippen LogP contribution in [0.5, 0.6) is 0 Å². The molecule has 0 spiro atoms. The van der Waals surface area contributed by atoms with Crippen molar-refractivity contribution in [1.29, 1.82) is 0 Å². The van der Waals surface area contributed by atoms with Gasteiger partial charge in [-0.15, -0.1) is 0 Å². The van der Waals surface area contributed by atoms with Gasteiger partial charge in [0.05, 0.1) is 11.4 Å². The van der Waals surface area contributed by atoms with Gasteiger partial charge in [-0.3, -0.25) is 19.3 Å². The lowest BCUT2D eigenvalue weighted by Crippen LogP contribution is -2.33. The SMILES string of the molecule is Cc1ccc(C(=O)CN2C(=O)S/C(=C\c3ccc[nH]3)C2=O)cc1. The summed E-state index contributed by atoms with van der Waals surface area (Å²) in [6, 6.07) is 10.7. The Morgan fingerprint density at radius 2 is 1.96 bits per heavy atom. The Hall–Kier alpha value is -2.60. The van der Waals surface area contributed by atoms with Crippen LogP contribution in [-0.4, -0.2) is 33.4 Å². The zero-order valence-electron chi connectivity index (χ0n) is 12.4. The van der Waals surface area contributed by atoms with E-state index in [1.165, 1.54) is 0 Å². The van der Waals surface area contributed by atoms with Crippen LogP contribution in [0.1, 0.15) is 21.6 Å². The van der Waals surface area contributed by atoms with Gasteiger partial charge in [-0.1, -0.05) is 29.8 Å². The Kier molecular flexibility index (Phi) is 4.16. The lowest BCUT2D eigenvalue weighted by molar-refractivity contribution is -0.122. The lowest BCUT2D eigenvalue weighted by atomic mass is 10.1. The number of H-pyrrole nitrogens is 1. The maximum absolute atomic E-state index is 12.3. The minimum Gasteiger partial charge on any atom is -0.362 e. The highest BCUT2D eigenvalue weighted by Gasteiger charge is 2.36. The highest BCUT2D eigenvalue weighted by Crippen LogP contribution is 2.32. The summed E-state index contributed by atoms with van der Waals surface area (Å²) in [5, 5.41) is -0.423. The van der Waals surface area contributed by atoms with Crippen molar-refractivity contribution >= 4 is 34.8 Å². The number of aryl methyl sites for hydroxylation is 1. The summed E-state index contributed by atoms with van der Waals surface area (Å²) in [6.07, 6.45) is 3.35. The molecule has 0 saturated carbocycles. The second kappa shape index (κ2) is 6.26. The highest BCUT2D eigenvalue weighted by atomic mass is 32.2. The fraction of sp³-hybridized carbons (Fsp3) is 0.118. The number of nitrogens with zero attached hydrogens (tertiary/aromatic N) is 1. The Bertz CT molecular complexity index is 792. The number of hydrogen-bond acceptors (Lipinski definition) is 4. The monoisotopic (exact) mass is 326 g/mol. The Labute approximate surface area is 137 Å². The standard InChI is InChI=1S/C17H14N2O3S/c1-11-4-6-12(7-5-11)14(20)10-19-16(21)15(23-17(19)22)9-13-3-2-8-18-13/h2-9,18H,10H2,1H3/b15-9-. The van der Waals surface area contributed by atoms with E-state index < -0.39 is 11.1 Å². The molecule has 0 bridgehead atoms. The second-order valence-electron chi connectivity index (χ2n) is 5.18. The molecule has 3 rings (SSSR count). The van der Waals surface area contributed by atoms with E-state index in [0.29, 0.717) is 10.5 Å². The molecule has 2 amide bonds. The Morgan fingerprint density at radius 1 is 1.22 bits per heavy atom. The van der Waals surface area contributed by atoms with Crippen molar-refractivity contribution < 1.29 is 14.4 Å². The van der Waals surface area contributed by atoms with Crippen molar-refractivity contribution in [2.24, 2.45) is 0 Å². The minimum absolute atomic E-state index is 0.240. The van der Waals surface area contributed by atoms with Gasteiger partial charge in [0, 0.05) is 17.5 Å². The van der Waals surface area contributed by atoms with Crippen LogP contribution in [-0.2, 0) is 4.79 Å². The summed E-state index contributed by atoms with van der Waals surface area (Å²) in [5.41, 5.74) is 2.27. The molecule has 0 atom stereocenters. The summed E-state index contributed by atoms with van der Waals surface area (Å²) in [4.78, 5) is 40.8. The number of imide groups is 1. The second-order valence-corrected chi connectivity index (χ2v) is 6.18. The van der Waals surface area contributed by atoms with E-state index in [2.05, 4.69) is 4.98 Å². The van der Waals surface area contributed by atoms with Gasteiger partial charge in [-0.2, -0.15) is 0 Å². The number of hydrogen-bond donors (Lipinski definition) is 1. The molecule has 2 heterocycles. The molecule has 23 heavy (non-hydrogen) atoms. The number of nitrogens with one attached hydrogen (secondary N) is 1. The lowest BCUT2D eigenvalue weighted by Gasteiger charge is -2.11. The average Bonchev–Trinajstić information content (AvgIpc) is 3.12. The van der Waals surface area contributed by atoms with Crippen LogP contribution in [0.4, 0.5) is 4.79 Å². The number of rotatable bonds is 4. The van der Waals surface area contributed by atoms with E-state index >= 15 is 0 Å². The van der Waals surface area contributed by atoms with Crippen LogP contribution in [0.25, 0.3) is 6.08 Å². The molecular formula is C17H14N2O3S. The minimum atomic E-state index is -0.435. The predicted octanol–water partition coefficient (Wildman–Crippen LogP) is 3.24. The van der Waals surface area contributed by atoms with Crippen molar-refractivity contribution in [2.75, 3.05) is 6.54 Å². The third kappa shape index (κ3) is 3.27. The number of aromatic amines is 1. The summed E-state index contributed by atoms with van der Waals surface area (Å²) >= 11 is 0.846. The van der Waals surface area contributed by atoms with Crippen molar-refractivity contribution in [3.63, 3.8) is 0 Å². The normalized spacial score (nSPS) is 16.4. The molecule has 116 valence electrons. The van der Waals surface area contributed by atoms with Crippen molar-refractivity contribution in [1.82, 2.24) is 9.88 Å². The van der Waals surface area contributed by atoms with Gasteiger partial charge >= 0.3 is 0 Å². The maximum Gasteiger partial charge on any atom is 0.293 e. The van der Waals surface area contributed by atoms with E-state index in [9.17, 15) is 14.4 Å². The van der Waals surface area contributed by atoms with Gasteiger partial charge in [0.2, 0.25) is 0 Å². The molecular weight excluding hydrogens is 312 g/mol. The van der Waals surface area contributed by atoms with Crippen LogP contribution in [0.2, 0.25) is 0 Å². The molecule has 1 aromatic heterocycles. The van der Waals surface area contributed by atoms with Crippen LogP contribution in [0.15, 0.2) is 47.5 Å². The summed E-state index contributed by atoms with van der Waals surface area (Å²) in [7, 11) is 0. The zero-order chi connectivity index (χ0) is 16.4. The quantitative estimate of drug-likeness (QED) is 0.691. The first-order chi connectivity index (χ1) is 11.0. The Balaban J connectivity index is 1.75. The molecule has 0 radical (unpaired) electrons. The van der Waals surface area contributed by atoms with E-state index in [-0.39, 0.29) is 12.3 Å². The van der Waals surface area contributed by atoms with Crippen LogP contribution >= 0.6 is 11.8 Å². The number of carbonyl (C=O) groups excluding carboxylic acids is 3. The first-order valence-corrected chi connectivity index (χ1v) is 7.85. The Morgan fingerprint density at radius 3 is 2.61 bits per heavy atom. The van der Waals surface area contributed by atoms with Gasteiger partial charge in [0.1, 0.15) is 0 Å². The van der Waals surface area contributed by atoms with Crippen molar-refractivity contribution in [3.8, 4) is 0 Å². The molecule has 6 heteroatoms. The summed E-state index contributed by atoms with van der Waals surface area (Å²) < 4.78 is 0. The number of aromatic nitrogens is 1. The maximum atomic E-state index is 12.3. The zero-order valence-corrected chi connectivity index (χ0v) is 13.2. The first-order valence-electron chi connectivity index (χ1n) is 7.03. The van der Waals surface area contributed by atoms with Gasteiger partial charge < -0.3 is 4.98 Å². The third-order valence-electron chi connectivity index (χ3n) is 3.46. The van der Waals surface area contributed by atoms with Crippen LogP contribution < -0.4 is 0 Å². The molecule has 2 aromatic rings. The molecule has 1 aliphatic rings. The summed E-state index contributed by atoms with van der Waals surface area (Å²) in [6.45, 7) is 1.69. The van der Waals surface area contributed by atoms with Gasteiger partial charge in [0.15, 0.2) is 5.78 Å². The number of ketones is 1. The number of amides is 2. The van der Waals surface area contributed by atoms with E-state index in [4.69, 9.17) is 0 Å². The van der Waals surface area contributed by atoms with Gasteiger partial charge in [-0.25, -0.2) is 0 Å². The molecule has 1 aromatic carbocycles. The predicted molar refractivity (Wildman–Crippen MR) is 89.0 cm³/mol. The number of carbonyl (C=O) groups is 3. The molecule has 0 aliphatic carbocycles. The van der Waals surface area contributed by atoms with E-state index in [1.807, 2.05) is 19.1 Å². The van der Waals surface area contributed by atoms with E-state index in [0.717, 1.165) is 27.9 Å². The van der Waals surface area contributed by atoms with Crippen LogP contribution in [0, 0.1) is 6.92 Å².